The van der Waals surface area contributed by atoms with E-state index in [1.165, 1.54) is 34.2 Å². The van der Waals surface area contributed by atoms with Crippen LogP contribution in [0.3, 0.4) is 0 Å². The number of likely N-dealkylation sites (tertiary alicyclic amines) is 1. The molecule has 0 saturated carbocycles. The maximum atomic E-state index is 11.7. The van der Waals surface area contributed by atoms with Gasteiger partial charge in [-0.2, -0.15) is 0 Å². The van der Waals surface area contributed by atoms with Gasteiger partial charge in [0.2, 0.25) is 0 Å². The van der Waals surface area contributed by atoms with Gasteiger partial charge in [-0.25, -0.2) is 0 Å². The Hall–Kier alpha value is -2.46. The van der Waals surface area contributed by atoms with Crippen LogP contribution in [0.4, 0.5) is 0 Å². The van der Waals surface area contributed by atoms with Gasteiger partial charge in [0.1, 0.15) is 0 Å². The summed E-state index contributed by atoms with van der Waals surface area (Å²) in [4.78, 5) is 4.80. The van der Waals surface area contributed by atoms with Gasteiger partial charge in [-0.15, -0.1) is 0 Å². The molecule has 0 atom stereocenters. The maximum Gasteiger partial charge on any atom is 0.0924 e. The molecule has 0 amide bonds. The van der Waals surface area contributed by atoms with E-state index in [0.29, 0.717) is 5.92 Å². The third kappa shape index (κ3) is 3.29. The van der Waals surface area contributed by atoms with Crippen molar-refractivity contribution >= 4 is 0 Å². The predicted octanol–water partition coefficient (Wildman–Crippen LogP) is 4.87. The van der Waals surface area contributed by atoms with Crippen LogP contribution in [0.1, 0.15) is 58.6 Å². The van der Waals surface area contributed by atoms with Crippen LogP contribution in [0.15, 0.2) is 72.8 Å². The Morgan fingerprint density at radius 3 is 1.97 bits per heavy atom. The molecule has 3 nitrogen and oxygen atoms in total. The summed E-state index contributed by atoms with van der Waals surface area (Å²) in [6.07, 6.45) is 2.78. The minimum absolute atomic E-state index is 0.0934. The Morgan fingerprint density at radius 2 is 1.36 bits per heavy atom. The Morgan fingerprint density at radius 1 is 0.818 bits per heavy atom. The van der Waals surface area contributed by atoms with Crippen molar-refractivity contribution in [2.75, 3.05) is 33.7 Å². The molecule has 3 aliphatic rings. The van der Waals surface area contributed by atoms with Crippen LogP contribution in [-0.4, -0.2) is 48.6 Å². The van der Waals surface area contributed by atoms with E-state index in [0.717, 1.165) is 44.6 Å². The lowest BCUT2D eigenvalue weighted by atomic mass is 9.74. The van der Waals surface area contributed by atoms with Crippen molar-refractivity contribution in [1.82, 2.24) is 9.80 Å². The van der Waals surface area contributed by atoms with Gasteiger partial charge in [-0.3, -0.25) is 0 Å². The number of fused-ring (bicyclic) bond motifs is 8. The van der Waals surface area contributed by atoms with Gasteiger partial charge in [-0.05, 0) is 66.7 Å². The molecule has 6 rings (SSSR count). The molecule has 3 aromatic rings. The molecule has 1 aliphatic heterocycles. The van der Waals surface area contributed by atoms with Crippen LogP contribution in [0.25, 0.3) is 0 Å². The van der Waals surface area contributed by atoms with Crippen LogP contribution >= 0.6 is 0 Å². The number of benzene rings is 3. The second-order valence-electron chi connectivity index (χ2n) is 10.7. The van der Waals surface area contributed by atoms with Crippen molar-refractivity contribution in [3.63, 3.8) is 0 Å². The van der Waals surface area contributed by atoms with Gasteiger partial charge >= 0.3 is 0 Å². The number of rotatable bonds is 5. The van der Waals surface area contributed by atoms with E-state index in [-0.39, 0.29) is 5.41 Å². The van der Waals surface area contributed by atoms with E-state index in [9.17, 15) is 5.11 Å². The van der Waals surface area contributed by atoms with E-state index in [4.69, 9.17) is 0 Å². The van der Waals surface area contributed by atoms with Gasteiger partial charge in [0, 0.05) is 37.5 Å². The molecule has 1 heterocycles. The molecule has 2 aliphatic carbocycles. The quantitative estimate of drug-likeness (QED) is 0.616. The van der Waals surface area contributed by atoms with Gasteiger partial charge in [0.05, 0.1) is 5.60 Å². The lowest BCUT2D eigenvalue weighted by molar-refractivity contribution is -0.0298. The molecule has 3 heteroatoms. The third-order valence-corrected chi connectivity index (χ3v) is 8.44. The minimum atomic E-state index is -0.732. The largest absolute Gasteiger partial charge is 0.385 e. The SMILES string of the molecule is CN(C)Cc1ccccc1C1(O)CCN(CC23CC(c4ccccc42)c2ccccc23)CC1. The molecule has 3 aromatic carbocycles. The highest BCUT2D eigenvalue weighted by atomic mass is 16.3. The zero-order chi connectivity index (χ0) is 22.6. The van der Waals surface area contributed by atoms with Crippen LogP contribution in [0.5, 0.6) is 0 Å². The molecule has 33 heavy (non-hydrogen) atoms. The summed E-state index contributed by atoms with van der Waals surface area (Å²) in [7, 11) is 4.18. The molecular weight excluding hydrogens is 404 g/mol. The van der Waals surface area contributed by atoms with Gasteiger partial charge < -0.3 is 14.9 Å². The van der Waals surface area contributed by atoms with E-state index < -0.39 is 5.60 Å². The number of aliphatic hydroxyl groups is 1. The second-order valence-corrected chi connectivity index (χ2v) is 10.7. The molecule has 1 fully saturated rings. The summed E-state index contributed by atoms with van der Waals surface area (Å²) in [5, 5.41) is 11.7. The van der Waals surface area contributed by atoms with Crippen molar-refractivity contribution < 1.29 is 5.11 Å². The highest BCUT2D eigenvalue weighted by Gasteiger charge is 2.53. The van der Waals surface area contributed by atoms with E-state index in [2.05, 4.69) is 96.7 Å². The molecular formula is C30H34N2O. The number of hydrogen-bond acceptors (Lipinski definition) is 3. The summed E-state index contributed by atoms with van der Waals surface area (Å²) >= 11 is 0. The maximum absolute atomic E-state index is 11.7. The molecule has 0 aromatic heterocycles. The summed E-state index contributed by atoms with van der Waals surface area (Å²) in [5.41, 5.74) is 7.85. The van der Waals surface area contributed by atoms with E-state index in [1.807, 2.05) is 0 Å². The Balaban J connectivity index is 1.26. The highest BCUT2D eigenvalue weighted by Crippen LogP contribution is 2.60. The first kappa shape index (κ1) is 21.1. The van der Waals surface area contributed by atoms with Gasteiger partial charge in [-0.1, -0.05) is 72.8 Å². The number of hydrogen-bond donors (Lipinski definition) is 1. The fourth-order valence-corrected chi connectivity index (χ4v) is 6.99. The fourth-order valence-electron chi connectivity index (χ4n) is 6.99. The molecule has 0 radical (unpaired) electrons. The summed E-state index contributed by atoms with van der Waals surface area (Å²) < 4.78 is 0. The minimum Gasteiger partial charge on any atom is -0.385 e. The van der Waals surface area contributed by atoms with Crippen molar-refractivity contribution in [3.05, 3.63) is 106 Å². The Kier molecular flexibility index (Phi) is 4.99. The lowest BCUT2D eigenvalue weighted by Crippen LogP contribution is -2.48. The van der Waals surface area contributed by atoms with Gasteiger partial charge in [0.15, 0.2) is 0 Å². The van der Waals surface area contributed by atoms with Crippen LogP contribution in [-0.2, 0) is 17.6 Å². The summed E-state index contributed by atoms with van der Waals surface area (Å²) in [6.45, 7) is 3.78. The molecule has 0 unspecified atom stereocenters. The molecule has 170 valence electrons. The average Bonchev–Trinajstić information content (AvgIpc) is 3.33. The topological polar surface area (TPSA) is 26.7 Å². The first-order valence-electron chi connectivity index (χ1n) is 12.4. The molecule has 1 N–H and O–H groups in total. The van der Waals surface area contributed by atoms with Crippen molar-refractivity contribution in [3.8, 4) is 0 Å². The lowest BCUT2D eigenvalue weighted by Gasteiger charge is -2.43. The van der Waals surface area contributed by atoms with Gasteiger partial charge in [0.25, 0.3) is 0 Å². The molecule has 1 saturated heterocycles. The van der Waals surface area contributed by atoms with Crippen LogP contribution in [0, 0.1) is 0 Å². The zero-order valence-corrected chi connectivity index (χ0v) is 19.8. The summed E-state index contributed by atoms with van der Waals surface area (Å²) in [6, 6.07) is 26.7. The van der Waals surface area contributed by atoms with Crippen LogP contribution in [0.2, 0.25) is 0 Å². The standard InChI is InChI=1S/C30H34N2O/c1-31(2)20-22-9-3-6-12-26(22)30(33)15-17-32(18-16-30)21-29-19-25(23-10-4-7-13-27(23)29)24-11-5-8-14-28(24)29/h3-14,25,33H,15-21H2,1-2H3. The first-order chi connectivity index (χ1) is 16.0. The summed E-state index contributed by atoms with van der Waals surface area (Å²) in [5.74, 6) is 0.539. The van der Waals surface area contributed by atoms with Crippen molar-refractivity contribution in [1.29, 1.82) is 0 Å². The highest BCUT2D eigenvalue weighted by molar-refractivity contribution is 5.63. The average molecular weight is 439 g/mol. The van der Waals surface area contributed by atoms with E-state index >= 15 is 0 Å². The monoisotopic (exact) mass is 438 g/mol. The molecule has 2 bridgehead atoms. The van der Waals surface area contributed by atoms with E-state index in [1.54, 1.807) is 0 Å². The Labute approximate surface area is 197 Å². The Bertz CT molecular complexity index is 1130. The molecule has 0 spiro atoms. The number of piperidine rings is 1. The van der Waals surface area contributed by atoms with Crippen molar-refractivity contribution in [2.45, 2.75) is 42.7 Å². The number of nitrogens with zero attached hydrogens (tertiary/aromatic N) is 2. The fraction of sp³-hybridized carbons (Fsp3) is 0.400. The zero-order valence-electron chi connectivity index (χ0n) is 19.8. The predicted molar refractivity (Wildman–Crippen MR) is 134 cm³/mol. The van der Waals surface area contributed by atoms with Crippen molar-refractivity contribution in [2.24, 2.45) is 0 Å². The second kappa shape index (κ2) is 7.80. The van der Waals surface area contributed by atoms with Crippen LogP contribution < -0.4 is 0 Å². The first-order valence-corrected chi connectivity index (χ1v) is 12.4. The smallest absolute Gasteiger partial charge is 0.0924 e. The third-order valence-electron chi connectivity index (χ3n) is 8.44. The normalized spacial score (nSPS) is 25.3.